The minimum absolute atomic E-state index is 0.121. The van der Waals surface area contributed by atoms with Crippen molar-refractivity contribution in [1.29, 1.82) is 0 Å². The van der Waals surface area contributed by atoms with E-state index < -0.39 is 0 Å². The monoisotopic (exact) mass is 477 g/mol. The van der Waals surface area contributed by atoms with Crippen molar-refractivity contribution in [2.45, 2.75) is 57.6 Å². The van der Waals surface area contributed by atoms with Gasteiger partial charge in [0.15, 0.2) is 11.5 Å². The van der Waals surface area contributed by atoms with Gasteiger partial charge in [-0.15, -0.1) is 0 Å². The van der Waals surface area contributed by atoms with Crippen molar-refractivity contribution in [3.8, 4) is 11.5 Å². The molecular formula is C29H39N3O3. The second-order valence-corrected chi connectivity index (χ2v) is 10.5. The Morgan fingerprint density at radius 1 is 0.943 bits per heavy atom. The molecule has 5 rings (SSSR count). The van der Waals surface area contributed by atoms with Crippen molar-refractivity contribution in [3.63, 3.8) is 0 Å². The number of carbonyl (C=O) groups is 1. The van der Waals surface area contributed by atoms with Gasteiger partial charge < -0.3 is 24.2 Å². The van der Waals surface area contributed by atoms with Gasteiger partial charge in [0.25, 0.3) is 0 Å². The van der Waals surface area contributed by atoms with Crippen LogP contribution in [0.4, 0.5) is 10.5 Å². The first-order valence-electron chi connectivity index (χ1n) is 13.3. The van der Waals surface area contributed by atoms with Crippen molar-refractivity contribution >= 4 is 11.7 Å². The number of rotatable bonds is 6. The van der Waals surface area contributed by atoms with Crippen molar-refractivity contribution in [1.82, 2.24) is 9.80 Å². The molecule has 6 nitrogen and oxygen atoms in total. The first-order chi connectivity index (χ1) is 17.1. The van der Waals surface area contributed by atoms with Crippen LogP contribution in [0.5, 0.6) is 11.5 Å². The number of urea groups is 1. The number of hydrogen-bond donors (Lipinski definition) is 0. The van der Waals surface area contributed by atoms with E-state index in [1.807, 2.05) is 6.07 Å². The molecule has 1 saturated carbocycles. The van der Waals surface area contributed by atoms with Gasteiger partial charge in [0.2, 0.25) is 0 Å². The number of carbonyl (C=O) groups excluding carboxylic acids is 1. The Balaban J connectivity index is 1.35. The van der Waals surface area contributed by atoms with E-state index in [1.54, 1.807) is 7.11 Å². The number of likely N-dealkylation sites (tertiary alicyclic amines) is 1. The van der Waals surface area contributed by atoms with Crippen LogP contribution in [0.2, 0.25) is 0 Å². The highest BCUT2D eigenvalue weighted by Crippen LogP contribution is 2.36. The summed E-state index contributed by atoms with van der Waals surface area (Å²) in [5.74, 6) is 2.21. The predicted octanol–water partition coefficient (Wildman–Crippen LogP) is 5.21. The number of piperazine rings is 1. The molecule has 2 saturated heterocycles. The number of hydrogen-bond acceptors (Lipinski definition) is 4. The molecule has 2 amide bonds. The van der Waals surface area contributed by atoms with Gasteiger partial charge in [0.1, 0.15) is 0 Å². The molecule has 0 spiro atoms. The summed E-state index contributed by atoms with van der Waals surface area (Å²) in [5, 5.41) is 0. The summed E-state index contributed by atoms with van der Waals surface area (Å²) in [6.07, 6.45) is 6.94. The second kappa shape index (κ2) is 10.8. The number of anilines is 1. The van der Waals surface area contributed by atoms with Gasteiger partial charge >= 0.3 is 6.03 Å². The summed E-state index contributed by atoms with van der Waals surface area (Å²) in [5.41, 5.74) is 2.41. The predicted molar refractivity (Wildman–Crippen MR) is 139 cm³/mol. The van der Waals surface area contributed by atoms with Gasteiger partial charge in [0, 0.05) is 44.5 Å². The van der Waals surface area contributed by atoms with E-state index in [9.17, 15) is 4.79 Å². The van der Waals surface area contributed by atoms with Crippen molar-refractivity contribution in [2.75, 3.05) is 44.7 Å². The van der Waals surface area contributed by atoms with Crippen molar-refractivity contribution in [2.24, 2.45) is 5.92 Å². The van der Waals surface area contributed by atoms with Gasteiger partial charge in [-0.3, -0.25) is 0 Å². The van der Waals surface area contributed by atoms with Crippen LogP contribution in [0.3, 0.4) is 0 Å². The molecule has 35 heavy (non-hydrogen) atoms. The fourth-order valence-electron chi connectivity index (χ4n) is 5.83. The fraction of sp³-hybridized carbons (Fsp3) is 0.552. The van der Waals surface area contributed by atoms with E-state index >= 15 is 0 Å². The molecule has 1 aliphatic carbocycles. The van der Waals surface area contributed by atoms with Crippen LogP contribution in [0.15, 0.2) is 48.5 Å². The molecule has 2 heterocycles. The Morgan fingerprint density at radius 3 is 2.46 bits per heavy atom. The quantitative estimate of drug-likeness (QED) is 0.573. The molecule has 0 aromatic heterocycles. The molecule has 2 aromatic carbocycles. The maximum absolute atomic E-state index is 13.5. The molecule has 2 aromatic rings. The van der Waals surface area contributed by atoms with Crippen LogP contribution < -0.4 is 14.4 Å². The molecule has 0 unspecified atom stereocenters. The maximum Gasteiger partial charge on any atom is 0.320 e. The summed E-state index contributed by atoms with van der Waals surface area (Å²) in [7, 11) is 1.70. The first-order valence-corrected chi connectivity index (χ1v) is 13.3. The largest absolute Gasteiger partial charge is 0.493 e. The topological polar surface area (TPSA) is 45.2 Å². The Labute approximate surface area is 209 Å². The molecule has 3 aliphatic rings. The zero-order chi connectivity index (χ0) is 24.2. The average molecular weight is 478 g/mol. The van der Waals surface area contributed by atoms with Crippen LogP contribution >= 0.6 is 0 Å². The summed E-state index contributed by atoms with van der Waals surface area (Å²) >= 11 is 0. The third-order valence-corrected chi connectivity index (χ3v) is 7.85. The third-order valence-electron chi connectivity index (χ3n) is 7.85. The van der Waals surface area contributed by atoms with E-state index in [0.717, 1.165) is 75.6 Å². The lowest BCUT2D eigenvalue weighted by Gasteiger charge is -2.44. The maximum atomic E-state index is 13.5. The van der Waals surface area contributed by atoms with E-state index in [-0.39, 0.29) is 18.2 Å². The van der Waals surface area contributed by atoms with Crippen LogP contribution in [0, 0.1) is 5.92 Å². The highest BCUT2D eigenvalue weighted by Gasteiger charge is 2.35. The summed E-state index contributed by atoms with van der Waals surface area (Å²) in [4.78, 5) is 20.1. The van der Waals surface area contributed by atoms with E-state index in [4.69, 9.17) is 9.47 Å². The van der Waals surface area contributed by atoms with Crippen molar-refractivity contribution in [3.05, 3.63) is 54.1 Å². The number of nitrogens with zero attached hydrogens (tertiary/aromatic N) is 3. The Hall–Kier alpha value is -2.89. The average Bonchev–Trinajstić information content (AvgIpc) is 3.56. The first kappa shape index (κ1) is 23.8. The molecule has 0 bridgehead atoms. The third kappa shape index (κ3) is 5.52. The number of benzene rings is 2. The van der Waals surface area contributed by atoms with E-state index in [2.05, 4.69) is 64.1 Å². The van der Waals surface area contributed by atoms with E-state index in [1.165, 1.54) is 18.4 Å². The SMILES string of the molecule is COc1ccc(N2CCN(C(=O)N3CC[C@H](C)C3)[C@@H](Cc3ccccc3)C2)cc1OC1CCCC1. The molecule has 3 fully saturated rings. The van der Waals surface area contributed by atoms with E-state index in [0.29, 0.717) is 5.92 Å². The molecular weight excluding hydrogens is 438 g/mol. The van der Waals surface area contributed by atoms with Crippen LogP contribution in [-0.2, 0) is 6.42 Å². The smallest absolute Gasteiger partial charge is 0.320 e. The van der Waals surface area contributed by atoms with Crippen LogP contribution in [0.1, 0.15) is 44.6 Å². The lowest BCUT2D eigenvalue weighted by molar-refractivity contribution is 0.133. The summed E-state index contributed by atoms with van der Waals surface area (Å²) in [6, 6.07) is 17.2. The highest BCUT2D eigenvalue weighted by molar-refractivity contribution is 5.76. The van der Waals surface area contributed by atoms with Gasteiger partial charge in [0.05, 0.1) is 19.3 Å². The summed E-state index contributed by atoms with van der Waals surface area (Å²) in [6.45, 7) is 6.33. The number of methoxy groups -OCH3 is 1. The zero-order valence-corrected chi connectivity index (χ0v) is 21.2. The lowest BCUT2D eigenvalue weighted by atomic mass is 10.0. The molecule has 2 aliphatic heterocycles. The number of amides is 2. The molecule has 6 heteroatoms. The van der Waals surface area contributed by atoms with Crippen molar-refractivity contribution < 1.29 is 14.3 Å². The zero-order valence-electron chi connectivity index (χ0n) is 21.2. The van der Waals surface area contributed by atoms with Crippen LogP contribution in [0.25, 0.3) is 0 Å². The lowest BCUT2D eigenvalue weighted by Crippen LogP contribution is -2.58. The van der Waals surface area contributed by atoms with Crippen LogP contribution in [-0.4, -0.2) is 67.8 Å². The minimum atomic E-state index is 0.121. The molecule has 0 N–H and O–H groups in total. The minimum Gasteiger partial charge on any atom is -0.493 e. The molecule has 2 atom stereocenters. The van der Waals surface area contributed by atoms with Gasteiger partial charge in [-0.2, -0.15) is 0 Å². The standard InChI is InChI=1S/C29H39N3O3/c1-22-14-15-31(20-22)29(33)32-17-16-30(21-25(32)18-23-8-4-3-5-9-23)24-12-13-27(34-2)28(19-24)35-26-10-6-7-11-26/h3-5,8-9,12-13,19,22,25-26H,6-7,10-11,14-18,20-21H2,1-2H3/t22-,25-/m0/s1. The Bertz CT molecular complexity index is 992. The normalized spacial score (nSPS) is 23.1. The van der Waals surface area contributed by atoms with Gasteiger partial charge in [-0.1, -0.05) is 37.3 Å². The number of ether oxygens (including phenoxy) is 2. The van der Waals surface area contributed by atoms with Gasteiger partial charge in [-0.25, -0.2) is 4.79 Å². The highest BCUT2D eigenvalue weighted by atomic mass is 16.5. The molecule has 188 valence electrons. The second-order valence-electron chi connectivity index (χ2n) is 10.5. The Kier molecular flexibility index (Phi) is 7.35. The summed E-state index contributed by atoms with van der Waals surface area (Å²) < 4.78 is 12.0. The Morgan fingerprint density at radius 2 is 1.74 bits per heavy atom. The fourth-order valence-corrected chi connectivity index (χ4v) is 5.83. The molecule has 0 radical (unpaired) electrons. The van der Waals surface area contributed by atoms with Gasteiger partial charge in [-0.05, 0) is 62.1 Å².